The minimum Gasteiger partial charge on any atom is -0.496 e. The zero-order valence-corrected chi connectivity index (χ0v) is 12.4. The van der Waals surface area contributed by atoms with Gasteiger partial charge in [-0.15, -0.1) is 0 Å². The van der Waals surface area contributed by atoms with Gasteiger partial charge in [-0.2, -0.15) is 5.10 Å². The molecule has 1 aromatic carbocycles. The predicted octanol–water partition coefficient (Wildman–Crippen LogP) is 1.83. The number of hydrogen-bond donors (Lipinski definition) is 2. The van der Waals surface area contributed by atoms with E-state index in [1.807, 2.05) is 26.0 Å². The molecule has 0 aliphatic heterocycles. The van der Waals surface area contributed by atoms with Gasteiger partial charge in [-0.3, -0.25) is 5.43 Å². The van der Waals surface area contributed by atoms with E-state index in [1.165, 1.54) is 0 Å². The van der Waals surface area contributed by atoms with E-state index in [1.54, 1.807) is 20.4 Å². The summed E-state index contributed by atoms with van der Waals surface area (Å²) < 4.78 is 10.6. The quantitative estimate of drug-likeness (QED) is 0.490. The molecule has 0 amide bonds. The van der Waals surface area contributed by atoms with Crippen LogP contribution >= 0.6 is 12.2 Å². The first-order valence-corrected chi connectivity index (χ1v) is 6.33. The van der Waals surface area contributed by atoms with Crippen molar-refractivity contribution >= 4 is 23.5 Å². The zero-order chi connectivity index (χ0) is 14.3. The molecule has 6 heteroatoms. The van der Waals surface area contributed by atoms with Crippen LogP contribution in [0.25, 0.3) is 0 Å². The molecule has 0 spiro atoms. The number of nitrogens with one attached hydrogen (secondary N) is 2. The molecule has 0 aromatic heterocycles. The Hall–Kier alpha value is -1.82. The van der Waals surface area contributed by atoms with E-state index < -0.39 is 0 Å². The Morgan fingerprint density at radius 1 is 1.37 bits per heavy atom. The number of methoxy groups -OCH3 is 2. The molecule has 0 heterocycles. The predicted molar refractivity (Wildman–Crippen MR) is 81.3 cm³/mol. The molecule has 1 aromatic rings. The Labute approximate surface area is 119 Å². The summed E-state index contributed by atoms with van der Waals surface area (Å²) in [5.41, 5.74) is 4.52. The molecule has 19 heavy (non-hydrogen) atoms. The molecule has 104 valence electrons. The van der Waals surface area contributed by atoms with E-state index in [-0.39, 0.29) is 0 Å². The van der Waals surface area contributed by atoms with E-state index >= 15 is 0 Å². The average Bonchev–Trinajstić information content (AvgIpc) is 2.39. The second-order valence-electron chi connectivity index (χ2n) is 3.74. The third-order valence-electron chi connectivity index (χ3n) is 2.52. The van der Waals surface area contributed by atoms with E-state index in [2.05, 4.69) is 15.8 Å². The second-order valence-corrected chi connectivity index (χ2v) is 4.15. The Balaban J connectivity index is 2.86. The highest BCUT2D eigenvalue weighted by molar-refractivity contribution is 7.80. The van der Waals surface area contributed by atoms with Gasteiger partial charge in [0.2, 0.25) is 0 Å². The van der Waals surface area contributed by atoms with Crippen molar-refractivity contribution in [3.05, 3.63) is 23.3 Å². The highest BCUT2D eigenvalue weighted by Gasteiger charge is 2.09. The number of nitrogens with zero attached hydrogens (tertiary/aromatic N) is 1. The second kappa shape index (κ2) is 7.58. The largest absolute Gasteiger partial charge is 0.496 e. The first-order valence-electron chi connectivity index (χ1n) is 5.92. The van der Waals surface area contributed by atoms with Crippen LogP contribution in [0.2, 0.25) is 0 Å². The van der Waals surface area contributed by atoms with Gasteiger partial charge in [0.15, 0.2) is 5.11 Å². The Morgan fingerprint density at radius 2 is 2.11 bits per heavy atom. The van der Waals surface area contributed by atoms with Crippen LogP contribution < -0.4 is 20.2 Å². The van der Waals surface area contributed by atoms with Gasteiger partial charge >= 0.3 is 0 Å². The van der Waals surface area contributed by atoms with Crippen molar-refractivity contribution in [1.82, 2.24) is 10.7 Å². The fraction of sp³-hybridized carbons (Fsp3) is 0.385. The van der Waals surface area contributed by atoms with Crippen LogP contribution in [0.1, 0.15) is 18.1 Å². The van der Waals surface area contributed by atoms with Crippen LogP contribution in [-0.2, 0) is 0 Å². The fourth-order valence-corrected chi connectivity index (χ4v) is 1.85. The maximum absolute atomic E-state index is 5.38. The summed E-state index contributed by atoms with van der Waals surface area (Å²) in [7, 11) is 3.25. The van der Waals surface area contributed by atoms with Gasteiger partial charge in [-0.25, -0.2) is 0 Å². The Morgan fingerprint density at radius 3 is 2.68 bits per heavy atom. The maximum Gasteiger partial charge on any atom is 0.186 e. The molecule has 1 rings (SSSR count). The molecule has 0 bridgehead atoms. The van der Waals surface area contributed by atoms with E-state index in [0.717, 1.165) is 29.2 Å². The smallest absolute Gasteiger partial charge is 0.186 e. The Bertz CT molecular complexity index is 475. The summed E-state index contributed by atoms with van der Waals surface area (Å²) in [5.74, 6) is 1.52. The normalized spacial score (nSPS) is 10.3. The van der Waals surface area contributed by atoms with Gasteiger partial charge in [0, 0.05) is 17.7 Å². The summed E-state index contributed by atoms with van der Waals surface area (Å²) in [5, 5.41) is 7.50. The molecule has 0 saturated carbocycles. The lowest BCUT2D eigenvalue weighted by Crippen LogP contribution is -2.31. The molecule has 0 aliphatic carbocycles. The number of thiocarbonyl (C=S) groups is 1. The first kappa shape index (κ1) is 15.2. The molecule has 0 unspecified atom stereocenters. The zero-order valence-electron chi connectivity index (χ0n) is 11.6. The van der Waals surface area contributed by atoms with Crippen molar-refractivity contribution in [3.63, 3.8) is 0 Å². The van der Waals surface area contributed by atoms with Crippen LogP contribution in [0.15, 0.2) is 17.2 Å². The molecule has 2 N–H and O–H groups in total. The minimum absolute atomic E-state index is 0.489. The molecule has 0 fully saturated rings. The van der Waals surface area contributed by atoms with Crippen LogP contribution in [0.3, 0.4) is 0 Å². The summed E-state index contributed by atoms with van der Waals surface area (Å²) in [6, 6.07) is 3.76. The number of hydrazone groups is 1. The fourth-order valence-electron chi connectivity index (χ4n) is 1.65. The Kier molecular flexibility index (Phi) is 6.08. The highest BCUT2D eigenvalue weighted by atomic mass is 32.1. The monoisotopic (exact) mass is 281 g/mol. The van der Waals surface area contributed by atoms with Crippen molar-refractivity contribution in [3.8, 4) is 11.5 Å². The summed E-state index contributed by atoms with van der Waals surface area (Å²) in [4.78, 5) is 0. The van der Waals surface area contributed by atoms with Gasteiger partial charge < -0.3 is 14.8 Å². The number of ether oxygens (including phenoxy) is 2. The van der Waals surface area contributed by atoms with Gasteiger partial charge in [-0.1, -0.05) is 0 Å². The topological polar surface area (TPSA) is 54.9 Å². The van der Waals surface area contributed by atoms with E-state index in [9.17, 15) is 0 Å². The number of benzene rings is 1. The van der Waals surface area contributed by atoms with E-state index in [4.69, 9.17) is 21.7 Å². The lowest BCUT2D eigenvalue weighted by molar-refractivity contribution is 0.388. The maximum atomic E-state index is 5.38. The van der Waals surface area contributed by atoms with Crippen LogP contribution in [0, 0.1) is 6.92 Å². The molecule has 0 aliphatic rings. The van der Waals surface area contributed by atoms with Crippen LogP contribution in [0.4, 0.5) is 0 Å². The van der Waals surface area contributed by atoms with Crippen molar-refractivity contribution in [2.24, 2.45) is 5.10 Å². The number of rotatable bonds is 5. The van der Waals surface area contributed by atoms with Crippen molar-refractivity contribution in [2.75, 3.05) is 20.8 Å². The van der Waals surface area contributed by atoms with Crippen LogP contribution in [0.5, 0.6) is 11.5 Å². The van der Waals surface area contributed by atoms with E-state index in [0.29, 0.717) is 5.11 Å². The molecule has 0 saturated heterocycles. The summed E-state index contributed by atoms with van der Waals surface area (Å²) in [6.07, 6.45) is 1.66. The molecular formula is C13H19N3O2S. The van der Waals surface area contributed by atoms with Gasteiger partial charge in [0.1, 0.15) is 11.5 Å². The molecule has 5 nitrogen and oxygen atoms in total. The first-order chi connectivity index (χ1) is 9.13. The van der Waals surface area contributed by atoms with Crippen molar-refractivity contribution in [1.29, 1.82) is 0 Å². The summed E-state index contributed by atoms with van der Waals surface area (Å²) in [6.45, 7) is 4.66. The standard InChI is InChI=1S/C13H19N3O2S/c1-5-14-13(19)16-15-8-10-6-7-11(17-3)9(2)12(10)18-4/h6-8H,5H2,1-4H3,(H2,14,16,19). The van der Waals surface area contributed by atoms with Crippen molar-refractivity contribution < 1.29 is 9.47 Å². The average molecular weight is 281 g/mol. The molecule has 0 radical (unpaired) electrons. The van der Waals surface area contributed by atoms with Crippen molar-refractivity contribution in [2.45, 2.75) is 13.8 Å². The number of hydrogen-bond acceptors (Lipinski definition) is 4. The summed E-state index contributed by atoms with van der Waals surface area (Å²) >= 11 is 5.01. The molecular weight excluding hydrogens is 262 g/mol. The third-order valence-corrected chi connectivity index (χ3v) is 2.75. The minimum atomic E-state index is 0.489. The SMILES string of the molecule is CCNC(=S)NN=Cc1ccc(OC)c(C)c1OC. The molecule has 0 atom stereocenters. The van der Waals surface area contributed by atoms with Gasteiger partial charge in [-0.05, 0) is 38.2 Å². The lowest BCUT2D eigenvalue weighted by Gasteiger charge is -2.12. The van der Waals surface area contributed by atoms with Crippen LogP contribution in [-0.4, -0.2) is 32.1 Å². The van der Waals surface area contributed by atoms with Gasteiger partial charge in [0.05, 0.1) is 20.4 Å². The lowest BCUT2D eigenvalue weighted by atomic mass is 10.1. The van der Waals surface area contributed by atoms with Gasteiger partial charge in [0.25, 0.3) is 0 Å². The highest BCUT2D eigenvalue weighted by Crippen LogP contribution is 2.30. The third kappa shape index (κ3) is 4.10.